The minimum Gasteiger partial charge on any atom is -0.376 e. The lowest BCUT2D eigenvalue weighted by atomic mass is 10.2. The first-order valence-corrected chi connectivity index (χ1v) is 6.33. The zero-order valence-corrected chi connectivity index (χ0v) is 11.0. The number of nitrogens with zero attached hydrogens (tertiary/aromatic N) is 2. The van der Waals surface area contributed by atoms with E-state index < -0.39 is 4.92 Å². The minimum atomic E-state index is -0.495. The quantitative estimate of drug-likeness (QED) is 0.491. The molecule has 0 aromatic carbocycles. The molecule has 2 rings (SSSR count). The molecule has 1 aliphatic heterocycles. The van der Waals surface area contributed by atoms with Crippen LogP contribution in [0.1, 0.15) is 12.8 Å². The van der Waals surface area contributed by atoms with Gasteiger partial charge in [0.2, 0.25) is 0 Å². The highest BCUT2D eigenvalue weighted by Crippen LogP contribution is 2.12. The molecule has 19 heavy (non-hydrogen) atoms. The first-order chi connectivity index (χ1) is 9.15. The molecule has 1 atom stereocenters. The Morgan fingerprint density at radius 3 is 3.05 bits per heavy atom. The summed E-state index contributed by atoms with van der Waals surface area (Å²) >= 11 is 5.10. The van der Waals surface area contributed by atoms with E-state index in [1.165, 1.54) is 18.3 Å². The number of anilines is 1. The summed E-state index contributed by atoms with van der Waals surface area (Å²) < 4.78 is 5.46. The van der Waals surface area contributed by atoms with Crippen LogP contribution in [-0.2, 0) is 4.74 Å². The van der Waals surface area contributed by atoms with Gasteiger partial charge in [-0.1, -0.05) is 0 Å². The van der Waals surface area contributed by atoms with Crippen molar-refractivity contribution in [1.29, 1.82) is 0 Å². The van der Waals surface area contributed by atoms with Crippen LogP contribution in [0.4, 0.5) is 11.5 Å². The molecular formula is C11H14N4O3S. The van der Waals surface area contributed by atoms with Gasteiger partial charge in [0.25, 0.3) is 5.69 Å². The van der Waals surface area contributed by atoms with Crippen molar-refractivity contribution in [2.45, 2.75) is 18.9 Å². The Balaban J connectivity index is 1.79. The van der Waals surface area contributed by atoms with Gasteiger partial charge in [0.1, 0.15) is 12.0 Å². The number of pyridine rings is 1. The molecular weight excluding hydrogens is 268 g/mol. The maximum absolute atomic E-state index is 10.5. The molecule has 1 fully saturated rings. The van der Waals surface area contributed by atoms with Crippen molar-refractivity contribution in [3.63, 3.8) is 0 Å². The Morgan fingerprint density at radius 1 is 1.63 bits per heavy atom. The highest BCUT2D eigenvalue weighted by molar-refractivity contribution is 7.80. The van der Waals surface area contributed by atoms with Crippen molar-refractivity contribution in [2.24, 2.45) is 0 Å². The van der Waals surface area contributed by atoms with E-state index in [0.717, 1.165) is 19.4 Å². The highest BCUT2D eigenvalue weighted by atomic mass is 32.1. The van der Waals surface area contributed by atoms with Crippen molar-refractivity contribution >= 4 is 28.8 Å². The number of hydrogen-bond donors (Lipinski definition) is 2. The van der Waals surface area contributed by atoms with Crippen LogP contribution in [0, 0.1) is 10.1 Å². The second-order valence-corrected chi connectivity index (χ2v) is 4.54. The molecule has 7 nitrogen and oxygen atoms in total. The second kappa shape index (κ2) is 6.39. The number of nitro groups is 1. The molecule has 1 aromatic rings. The lowest BCUT2D eigenvalue weighted by molar-refractivity contribution is -0.385. The third-order valence-corrected chi connectivity index (χ3v) is 2.96. The van der Waals surface area contributed by atoms with E-state index in [2.05, 4.69) is 15.6 Å². The first-order valence-electron chi connectivity index (χ1n) is 5.92. The summed E-state index contributed by atoms with van der Waals surface area (Å²) in [4.78, 5) is 13.9. The largest absolute Gasteiger partial charge is 0.376 e. The van der Waals surface area contributed by atoms with E-state index in [1.54, 1.807) is 0 Å². The Bertz CT molecular complexity index is 460. The number of hydrogen-bond acceptors (Lipinski definition) is 5. The van der Waals surface area contributed by atoms with Crippen LogP contribution in [-0.4, -0.2) is 34.3 Å². The maximum Gasteiger partial charge on any atom is 0.287 e. The van der Waals surface area contributed by atoms with Crippen molar-refractivity contribution in [2.75, 3.05) is 18.5 Å². The van der Waals surface area contributed by atoms with Gasteiger partial charge in [-0.2, -0.15) is 0 Å². The van der Waals surface area contributed by atoms with Crippen molar-refractivity contribution in [3.8, 4) is 0 Å². The number of aromatic nitrogens is 1. The standard InChI is InChI=1S/C11H14N4O3S/c16-15(17)8-3-4-10(12-6-8)14-11(19)13-7-9-2-1-5-18-9/h3-4,6,9H,1-2,5,7H2,(H2,12,13,14,19)/t9-/m0/s1. The Kier molecular flexibility index (Phi) is 4.58. The summed E-state index contributed by atoms with van der Waals surface area (Å²) in [6.07, 6.45) is 3.50. The molecule has 2 heterocycles. The molecule has 0 radical (unpaired) electrons. The van der Waals surface area contributed by atoms with Gasteiger partial charge in [-0.05, 0) is 31.1 Å². The summed E-state index contributed by atoms with van der Waals surface area (Å²) in [5, 5.41) is 16.8. The predicted octanol–water partition coefficient (Wildman–Crippen LogP) is 1.46. The fourth-order valence-electron chi connectivity index (χ4n) is 1.74. The molecule has 1 aromatic heterocycles. The first kappa shape index (κ1) is 13.6. The predicted molar refractivity (Wildman–Crippen MR) is 74.1 cm³/mol. The maximum atomic E-state index is 10.5. The van der Waals surface area contributed by atoms with Gasteiger partial charge in [-0.15, -0.1) is 0 Å². The Hall–Kier alpha value is -1.80. The molecule has 1 aliphatic rings. The average molecular weight is 282 g/mol. The summed E-state index contributed by atoms with van der Waals surface area (Å²) in [7, 11) is 0. The summed E-state index contributed by atoms with van der Waals surface area (Å²) in [6.45, 7) is 1.45. The second-order valence-electron chi connectivity index (χ2n) is 4.13. The SMILES string of the molecule is O=[N+]([O-])c1ccc(NC(=S)NC[C@@H]2CCCO2)nc1. The van der Waals surface area contributed by atoms with Crippen LogP contribution in [0.5, 0.6) is 0 Å². The van der Waals surface area contributed by atoms with Crippen LogP contribution < -0.4 is 10.6 Å². The summed E-state index contributed by atoms with van der Waals surface area (Å²) in [5.41, 5.74) is -0.0521. The molecule has 8 heteroatoms. The molecule has 0 spiro atoms. The smallest absolute Gasteiger partial charge is 0.287 e. The monoisotopic (exact) mass is 282 g/mol. The van der Waals surface area contributed by atoms with Crippen LogP contribution in [0.15, 0.2) is 18.3 Å². The van der Waals surface area contributed by atoms with Crippen LogP contribution in [0.3, 0.4) is 0 Å². The van der Waals surface area contributed by atoms with Crippen LogP contribution >= 0.6 is 12.2 Å². The number of nitrogens with one attached hydrogen (secondary N) is 2. The van der Waals surface area contributed by atoms with Gasteiger partial charge in [0, 0.05) is 19.2 Å². The van der Waals surface area contributed by atoms with Crippen molar-refractivity contribution in [1.82, 2.24) is 10.3 Å². The van der Waals surface area contributed by atoms with Crippen molar-refractivity contribution in [3.05, 3.63) is 28.4 Å². The fourth-order valence-corrected chi connectivity index (χ4v) is 1.93. The minimum absolute atomic E-state index is 0.0521. The van der Waals surface area contributed by atoms with Crippen LogP contribution in [0.2, 0.25) is 0 Å². The third kappa shape index (κ3) is 4.11. The lowest BCUT2D eigenvalue weighted by Crippen LogP contribution is -2.35. The summed E-state index contributed by atoms with van der Waals surface area (Å²) in [6, 6.07) is 2.89. The number of rotatable bonds is 4. The van der Waals surface area contributed by atoms with Crippen molar-refractivity contribution < 1.29 is 9.66 Å². The van der Waals surface area contributed by atoms with E-state index in [1.807, 2.05) is 0 Å². The zero-order chi connectivity index (χ0) is 13.7. The van der Waals surface area contributed by atoms with E-state index >= 15 is 0 Å². The molecule has 2 N–H and O–H groups in total. The van der Waals surface area contributed by atoms with Gasteiger partial charge in [0.05, 0.1) is 11.0 Å². The average Bonchev–Trinajstić information content (AvgIpc) is 2.90. The lowest BCUT2D eigenvalue weighted by Gasteiger charge is -2.13. The molecule has 0 aliphatic carbocycles. The highest BCUT2D eigenvalue weighted by Gasteiger charge is 2.15. The molecule has 1 saturated heterocycles. The Morgan fingerprint density at radius 2 is 2.47 bits per heavy atom. The summed E-state index contributed by atoms with van der Waals surface area (Å²) in [5.74, 6) is 0.468. The third-order valence-electron chi connectivity index (χ3n) is 2.71. The van der Waals surface area contributed by atoms with E-state index in [0.29, 0.717) is 17.5 Å². The van der Waals surface area contributed by atoms with Gasteiger partial charge in [-0.3, -0.25) is 10.1 Å². The van der Waals surface area contributed by atoms with E-state index in [9.17, 15) is 10.1 Å². The molecule has 0 bridgehead atoms. The van der Waals surface area contributed by atoms with Gasteiger partial charge in [0.15, 0.2) is 5.11 Å². The van der Waals surface area contributed by atoms with Gasteiger partial charge >= 0.3 is 0 Å². The number of thiocarbonyl (C=S) groups is 1. The molecule has 0 unspecified atom stereocenters. The van der Waals surface area contributed by atoms with Crippen LogP contribution in [0.25, 0.3) is 0 Å². The molecule has 102 valence electrons. The van der Waals surface area contributed by atoms with Gasteiger partial charge < -0.3 is 15.4 Å². The zero-order valence-electron chi connectivity index (χ0n) is 10.2. The fraction of sp³-hybridized carbons (Fsp3) is 0.455. The normalized spacial score (nSPS) is 18.0. The molecule has 0 saturated carbocycles. The number of ether oxygens (including phenoxy) is 1. The topological polar surface area (TPSA) is 89.3 Å². The molecule has 0 amide bonds. The van der Waals surface area contributed by atoms with E-state index in [-0.39, 0.29) is 11.8 Å². The Labute approximate surface area is 115 Å². The van der Waals surface area contributed by atoms with Gasteiger partial charge in [-0.25, -0.2) is 4.98 Å². The van der Waals surface area contributed by atoms with E-state index in [4.69, 9.17) is 17.0 Å².